The number of amides is 1. The number of carbonyl (C=O) groups is 2. The molecule has 0 bridgehead atoms. The summed E-state index contributed by atoms with van der Waals surface area (Å²) in [5.74, 6) is -1.79. The molecule has 5 rings (SSSR count). The molecule has 2 heterocycles. The third-order valence-electron chi connectivity index (χ3n) is 6.60. The summed E-state index contributed by atoms with van der Waals surface area (Å²) in [6.07, 6.45) is -0.210. The summed E-state index contributed by atoms with van der Waals surface area (Å²) in [4.78, 5) is 34.0. The fourth-order valence-electron chi connectivity index (χ4n) is 4.54. The monoisotopic (exact) mass is 545 g/mol. The maximum Gasteiger partial charge on any atom is 0.416 e. The van der Waals surface area contributed by atoms with Crippen LogP contribution in [0, 0.1) is 0 Å². The third kappa shape index (κ3) is 5.70. The number of rotatable bonds is 7. The lowest BCUT2D eigenvalue weighted by Crippen LogP contribution is -2.38. The molecule has 1 aromatic heterocycles. The van der Waals surface area contributed by atoms with Gasteiger partial charge in [-0.25, -0.2) is 9.78 Å². The number of phenolic OH excluding ortho intramolecular Hbond substituents is 1. The number of aromatic hydroxyl groups is 1. The van der Waals surface area contributed by atoms with Gasteiger partial charge in [-0.05, 0) is 71.1 Å². The van der Waals surface area contributed by atoms with Crippen molar-refractivity contribution in [3.63, 3.8) is 0 Å². The highest BCUT2D eigenvalue weighted by molar-refractivity contribution is 6.06. The normalized spacial score (nSPS) is 13.7. The number of phenols is 1. The van der Waals surface area contributed by atoms with Crippen molar-refractivity contribution >= 4 is 29.0 Å². The van der Waals surface area contributed by atoms with Crippen molar-refractivity contribution in [2.75, 3.05) is 0 Å². The van der Waals surface area contributed by atoms with Crippen LogP contribution < -0.4 is 5.32 Å². The fraction of sp³-hybridized carbons (Fsp3) is 0.133. The number of alkyl halides is 3. The lowest BCUT2D eigenvalue weighted by Gasteiger charge is -2.20. The number of aliphatic imine (C=N–C) groups is 1. The van der Waals surface area contributed by atoms with Crippen molar-refractivity contribution in [2.45, 2.75) is 25.1 Å². The van der Waals surface area contributed by atoms with Gasteiger partial charge in [-0.15, -0.1) is 0 Å². The number of aromatic carboxylic acids is 1. The topological polar surface area (TPSA) is 112 Å². The summed E-state index contributed by atoms with van der Waals surface area (Å²) < 4.78 is 39.6. The van der Waals surface area contributed by atoms with Gasteiger partial charge in [0.2, 0.25) is 0 Å². The second-order valence-corrected chi connectivity index (χ2v) is 9.31. The molecule has 10 heteroatoms. The number of hydrogen-bond donors (Lipinski definition) is 3. The largest absolute Gasteiger partial charge is 0.508 e. The Morgan fingerprint density at radius 1 is 0.975 bits per heavy atom. The van der Waals surface area contributed by atoms with E-state index in [9.17, 15) is 33.0 Å². The molecule has 1 atom stereocenters. The van der Waals surface area contributed by atoms with E-state index in [2.05, 4.69) is 15.3 Å². The maximum absolute atomic E-state index is 13.3. The van der Waals surface area contributed by atoms with Crippen LogP contribution in [0.25, 0.3) is 22.0 Å². The molecule has 0 unspecified atom stereocenters. The first-order valence-corrected chi connectivity index (χ1v) is 12.2. The smallest absolute Gasteiger partial charge is 0.416 e. The minimum absolute atomic E-state index is 0.116. The van der Waals surface area contributed by atoms with Gasteiger partial charge in [0.1, 0.15) is 11.4 Å². The summed E-state index contributed by atoms with van der Waals surface area (Å²) in [6.45, 7) is 0. The van der Waals surface area contributed by atoms with Crippen LogP contribution in [0.5, 0.6) is 5.75 Å². The number of aromatic nitrogens is 1. The Kier molecular flexibility index (Phi) is 7.08. The molecule has 7 nitrogen and oxygen atoms in total. The summed E-state index contributed by atoms with van der Waals surface area (Å²) in [5, 5.41) is 22.6. The van der Waals surface area contributed by atoms with E-state index < -0.39 is 29.7 Å². The van der Waals surface area contributed by atoms with Gasteiger partial charge in [0.15, 0.2) is 0 Å². The highest BCUT2D eigenvalue weighted by atomic mass is 19.4. The molecule has 0 fully saturated rings. The van der Waals surface area contributed by atoms with Gasteiger partial charge in [-0.2, -0.15) is 13.2 Å². The lowest BCUT2D eigenvalue weighted by atomic mass is 9.97. The second-order valence-electron chi connectivity index (χ2n) is 9.31. The average molecular weight is 546 g/mol. The Labute approximate surface area is 226 Å². The molecule has 0 aliphatic carbocycles. The quantitative estimate of drug-likeness (QED) is 0.263. The van der Waals surface area contributed by atoms with Crippen LogP contribution in [-0.4, -0.2) is 39.3 Å². The molecule has 0 saturated carbocycles. The molecule has 1 aliphatic heterocycles. The zero-order chi connectivity index (χ0) is 28.4. The van der Waals surface area contributed by atoms with Gasteiger partial charge in [-0.1, -0.05) is 30.3 Å². The molecular weight excluding hydrogens is 523 g/mol. The number of pyridine rings is 1. The van der Waals surface area contributed by atoms with E-state index in [1.165, 1.54) is 30.3 Å². The molecular formula is C30H22F3N3O4. The van der Waals surface area contributed by atoms with Crippen LogP contribution in [0.3, 0.4) is 0 Å². The number of nitrogens with one attached hydrogen (secondary N) is 1. The van der Waals surface area contributed by atoms with E-state index in [-0.39, 0.29) is 33.5 Å². The van der Waals surface area contributed by atoms with Crippen molar-refractivity contribution in [1.29, 1.82) is 0 Å². The van der Waals surface area contributed by atoms with Gasteiger partial charge >= 0.3 is 12.1 Å². The molecule has 1 amide bonds. The zero-order valence-electron chi connectivity index (χ0n) is 20.8. The summed E-state index contributed by atoms with van der Waals surface area (Å²) in [7, 11) is 0. The minimum atomic E-state index is -4.52. The standard InChI is InChI=1S/C30H22F3N3O4/c31-30(32,33)21-3-1-2-18(13-21)19-6-9-25-23(14-19)24(29(39)40)15-27(35-25)28(38)36-26(20-10-11-34-16-20)12-17-4-7-22(37)8-5-17/h1-9,11,13-16,26,37H,10,12H2,(H,36,38)(H,39,40)/t26-/m0/s1. The van der Waals surface area contributed by atoms with E-state index in [1.54, 1.807) is 36.7 Å². The Morgan fingerprint density at radius 3 is 2.40 bits per heavy atom. The fourth-order valence-corrected chi connectivity index (χ4v) is 4.54. The third-order valence-corrected chi connectivity index (χ3v) is 6.60. The van der Waals surface area contributed by atoms with Gasteiger partial charge in [0.05, 0.1) is 22.7 Å². The van der Waals surface area contributed by atoms with E-state index >= 15 is 0 Å². The second kappa shape index (κ2) is 10.6. The van der Waals surface area contributed by atoms with Gasteiger partial charge in [0, 0.05) is 24.2 Å². The van der Waals surface area contributed by atoms with Crippen molar-refractivity contribution in [3.05, 3.63) is 107 Å². The van der Waals surface area contributed by atoms with Crippen LogP contribution in [0.1, 0.15) is 38.4 Å². The first-order valence-electron chi connectivity index (χ1n) is 12.2. The summed E-state index contributed by atoms with van der Waals surface area (Å²) in [6, 6.07) is 16.5. The molecule has 1 aliphatic rings. The molecule has 40 heavy (non-hydrogen) atoms. The Morgan fingerprint density at radius 2 is 1.73 bits per heavy atom. The number of nitrogens with zero attached hydrogens (tertiary/aromatic N) is 2. The first kappa shape index (κ1) is 26.6. The minimum Gasteiger partial charge on any atom is -0.508 e. The first-order chi connectivity index (χ1) is 19.1. The van der Waals surface area contributed by atoms with E-state index in [1.807, 2.05) is 0 Å². The zero-order valence-corrected chi connectivity index (χ0v) is 20.8. The molecule has 3 aromatic carbocycles. The van der Waals surface area contributed by atoms with Crippen LogP contribution in [0.2, 0.25) is 0 Å². The number of carboxylic acid groups (broad SMARTS) is 1. The van der Waals surface area contributed by atoms with E-state index in [0.717, 1.165) is 29.3 Å². The van der Waals surface area contributed by atoms with Crippen molar-refractivity contribution in [3.8, 4) is 16.9 Å². The lowest BCUT2D eigenvalue weighted by molar-refractivity contribution is -0.137. The number of fused-ring (bicyclic) bond motifs is 1. The molecule has 0 radical (unpaired) electrons. The molecule has 0 saturated heterocycles. The van der Waals surface area contributed by atoms with Crippen molar-refractivity contribution < 1.29 is 33.0 Å². The van der Waals surface area contributed by atoms with Gasteiger partial charge in [0.25, 0.3) is 5.91 Å². The maximum atomic E-state index is 13.3. The SMILES string of the molecule is O=C(N[C@@H](Cc1ccc(O)cc1)C1=CN=CC1)c1cc(C(=O)O)c2cc(-c3cccc(C(F)(F)F)c3)ccc2n1. The van der Waals surface area contributed by atoms with Gasteiger partial charge in [-0.3, -0.25) is 9.79 Å². The number of halogens is 3. The highest BCUT2D eigenvalue weighted by Gasteiger charge is 2.30. The Balaban J connectivity index is 1.47. The van der Waals surface area contributed by atoms with Crippen LogP contribution >= 0.6 is 0 Å². The van der Waals surface area contributed by atoms with Crippen molar-refractivity contribution in [2.24, 2.45) is 4.99 Å². The van der Waals surface area contributed by atoms with Crippen molar-refractivity contribution in [1.82, 2.24) is 10.3 Å². The molecule has 4 aromatic rings. The predicted molar refractivity (Wildman–Crippen MR) is 143 cm³/mol. The molecule has 202 valence electrons. The van der Waals surface area contributed by atoms with Crippen LogP contribution in [-0.2, 0) is 12.6 Å². The van der Waals surface area contributed by atoms with Crippen LogP contribution in [0.15, 0.2) is 89.6 Å². The number of carbonyl (C=O) groups excluding carboxylic acids is 1. The number of carboxylic acids is 1. The Hall–Kier alpha value is -4.99. The highest BCUT2D eigenvalue weighted by Crippen LogP contribution is 2.33. The predicted octanol–water partition coefficient (Wildman–Crippen LogP) is 6.02. The van der Waals surface area contributed by atoms with E-state index in [0.29, 0.717) is 18.4 Å². The van der Waals surface area contributed by atoms with Gasteiger partial charge < -0.3 is 15.5 Å². The Bertz CT molecular complexity index is 1680. The molecule has 3 N–H and O–H groups in total. The van der Waals surface area contributed by atoms with E-state index in [4.69, 9.17) is 0 Å². The molecule has 0 spiro atoms. The number of hydrogen-bond acceptors (Lipinski definition) is 5. The number of benzene rings is 3. The summed E-state index contributed by atoms with van der Waals surface area (Å²) >= 11 is 0. The average Bonchev–Trinajstić information content (AvgIpc) is 3.47. The van der Waals surface area contributed by atoms with Crippen LogP contribution in [0.4, 0.5) is 13.2 Å². The summed E-state index contributed by atoms with van der Waals surface area (Å²) in [5.41, 5.74) is 1.41.